The molecule has 4 nitrogen and oxygen atoms in total. The zero-order valence-corrected chi connectivity index (χ0v) is 5.79. The highest BCUT2D eigenvalue weighted by Gasteiger charge is 2.26. The smallest absolute Gasteiger partial charge is 0.224 e. The fourth-order valence-corrected chi connectivity index (χ4v) is 0.970. The Morgan fingerprint density at radius 2 is 2.30 bits per heavy atom. The van der Waals surface area contributed by atoms with Gasteiger partial charge in [0.15, 0.2) is 0 Å². The number of nitrogens with two attached hydrogens (primary N) is 1. The summed E-state index contributed by atoms with van der Waals surface area (Å²) in [7, 11) is 0. The van der Waals surface area contributed by atoms with Gasteiger partial charge >= 0.3 is 0 Å². The van der Waals surface area contributed by atoms with Crippen LogP contribution in [0.1, 0.15) is 6.42 Å². The maximum absolute atomic E-state index is 10.9. The van der Waals surface area contributed by atoms with Crippen molar-refractivity contribution in [3.8, 4) is 0 Å². The molecule has 58 valence electrons. The molecule has 4 heteroatoms. The molecule has 0 spiro atoms. The number of aliphatic hydroxyl groups excluding tert-OH is 1. The van der Waals surface area contributed by atoms with E-state index in [4.69, 9.17) is 10.8 Å². The van der Waals surface area contributed by atoms with Gasteiger partial charge in [0.1, 0.15) is 0 Å². The van der Waals surface area contributed by atoms with E-state index in [2.05, 4.69) is 0 Å². The van der Waals surface area contributed by atoms with Crippen molar-refractivity contribution in [3.63, 3.8) is 0 Å². The van der Waals surface area contributed by atoms with Gasteiger partial charge in [-0.3, -0.25) is 4.79 Å². The predicted molar refractivity (Wildman–Crippen MR) is 36.3 cm³/mol. The van der Waals surface area contributed by atoms with Gasteiger partial charge in [0.25, 0.3) is 0 Å². The van der Waals surface area contributed by atoms with E-state index in [9.17, 15) is 4.79 Å². The van der Waals surface area contributed by atoms with Gasteiger partial charge in [0.2, 0.25) is 5.91 Å². The lowest BCUT2D eigenvalue weighted by molar-refractivity contribution is -0.136. The molecule has 1 heterocycles. The second-order valence-electron chi connectivity index (χ2n) is 2.53. The first kappa shape index (κ1) is 7.50. The summed E-state index contributed by atoms with van der Waals surface area (Å²) in [5, 5.41) is 8.39. The van der Waals surface area contributed by atoms with E-state index < -0.39 is 0 Å². The Hall–Kier alpha value is -0.610. The molecule has 0 radical (unpaired) electrons. The Kier molecular flexibility index (Phi) is 2.24. The normalized spacial score (nSPS) is 18.8. The van der Waals surface area contributed by atoms with Crippen LogP contribution in [-0.2, 0) is 4.79 Å². The lowest BCUT2D eigenvalue weighted by Gasteiger charge is -2.36. The number of carbonyl (C=O) groups excluding carboxylic acids is 1. The van der Waals surface area contributed by atoms with Crippen LogP contribution in [0.3, 0.4) is 0 Å². The van der Waals surface area contributed by atoms with Gasteiger partial charge in [0.05, 0.1) is 6.61 Å². The minimum absolute atomic E-state index is 0.00389. The molecule has 1 aliphatic rings. The first-order valence-corrected chi connectivity index (χ1v) is 3.38. The van der Waals surface area contributed by atoms with E-state index in [1.165, 1.54) is 0 Å². The van der Waals surface area contributed by atoms with Gasteiger partial charge < -0.3 is 15.7 Å². The fourth-order valence-electron chi connectivity index (χ4n) is 0.970. The van der Waals surface area contributed by atoms with E-state index in [0.29, 0.717) is 13.1 Å². The van der Waals surface area contributed by atoms with Crippen molar-refractivity contribution in [2.75, 3.05) is 19.7 Å². The van der Waals surface area contributed by atoms with E-state index in [0.717, 1.165) is 0 Å². The summed E-state index contributed by atoms with van der Waals surface area (Å²) in [6.45, 7) is 1.24. The molecule has 0 saturated carbocycles. The molecule has 1 saturated heterocycles. The lowest BCUT2D eigenvalue weighted by atomic mass is 10.1. The zero-order valence-electron chi connectivity index (χ0n) is 5.79. The number of hydrogen-bond acceptors (Lipinski definition) is 3. The van der Waals surface area contributed by atoms with Gasteiger partial charge in [-0.25, -0.2) is 0 Å². The molecule has 0 aromatic heterocycles. The largest absolute Gasteiger partial charge is 0.396 e. The third kappa shape index (κ3) is 1.46. The maximum atomic E-state index is 10.9. The first-order chi connectivity index (χ1) is 4.74. The van der Waals surface area contributed by atoms with Gasteiger partial charge in [0, 0.05) is 25.6 Å². The van der Waals surface area contributed by atoms with Crippen LogP contribution in [0.5, 0.6) is 0 Å². The molecular weight excluding hydrogens is 132 g/mol. The third-order valence-corrected chi connectivity index (χ3v) is 1.59. The van der Waals surface area contributed by atoms with Crippen molar-refractivity contribution in [2.45, 2.75) is 12.5 Å². The monoisotopic (exact) mass is 144 g/mol. The average Bonchev–Trinajstić information content (AvgIpc) is 1.82. The minimum Gasteiger partial charge on any atom is -0.396 e. The Labute approximate surface area is 59.6 Å². The van der Waals surface area contributed by atoms with Crippen LogP contribution < -0.4 is 5.73 Å². The zero-order chi connectivity index (χ0) is 7.56. The number of amides is 1. The highest BCUT2D eigenvalue weighted by atomic mass is 16.3. The van der Waals surface area contributed by atoms with Crippen LogP contribution in [0.2, 0.25) is 0 Å². The van der Waals surface area contributed by atoms with Crippen molar-refractivity contribution < 1.29 is 9.90 Å². The number of aliphatic hydroxyl groups is 1. The molecule has 0 aromatic rings. The number of rotatable bonds is 2. The summed E-state index contributed by atoms with van der Waals surface area (Å²) in [5.74, 6) is 0.00389. The third-order valence-electron chi connectivity index (χ3n) is 1.59. The number of carbonyl (C=O) groups is 1. The van der Waals surface area contributed by atoms with Crippen molar-refractivity contribution in [2.24, 2.45) is 5.73 Å². The summed E-state index contributed by atoms with van der Waals surface area (Å²) in [6.07, 6.45) is 0.229. The van der Waals surface area contributed by atoms with Gasteiger partial charge in [-0.2, -0.15) is 0 Å². The molecule has 0 atom stereocenters. The second-order valence-corrected chi connectivity index (χ2v) is 2.53. The summed E-state index contributed by atoms with van der Waals surface area (Å²) in [4.78, 5) is 12.5. The van der Waals surface area contributed by atoms with Crippen molar-refractivity contribution in [1.29, 1.82) is 0 Å². The molecular formula is C6H12N2O2. The molecule has 1 fully saturated rings. The Morgan fingerprint density at radius 1 is 1.70 bits per heavy atom. The number of hydrogen-bond donors (Lipinski definition) is 2. The lowest BCUT2D eigenvalue weighted by Crippen LogP contribution is -2.57. The van der Waals surface area contributed by atoms with Crippen LogP contribution in [0.25, 0.3) is 0 Å². The topological polar surface area (TPSA) is 66.6 Å². The Morgan fingerprint density at radius 3 is 2.70 bits per heavy atom. The predicted octanol–water partition coefficient (Wildman–Crippen LogP) is -1.46. The summed E-state index contributed by atoms with van der Waals surface area (Å²) < 4.78 is 0. The van der Waals surface area contributed by atoms with Gasteiger partial charge in [-0.05, 0) is 0 Å². The molecule has 1 rings (SSSR count). The summed E-state index contributed by atoms with van der Waals surface area (Å²) >= 11 is 0. The SMILES string of the molecule is NC1CN(C(=O)CCO)C1. The average molecular weight is 144 g/mol. The fraction of sp³-hybridized carbons (Fsp3) is 0.833. The summed E-state index contributed by atoms with van der Waals surface area (Å²) in [6, 6.07) is 0.155. The van der Waals surface area contributed by atoms with Crippen LogP contribution in [0, 0.1) is 0 Å². The first-order valence-electron chi connectivity index (χ1n) is 3.38. The van der Waals surface area contributed by atoms with Crippen molar-refractivity contribution in [3.05, 3.63) is 0 Å². The van der Waals surface area contributed by atoms with Crippen molar-refractivity contribution >= 4 is 5.91 Å². The van der Waals surface area contributed by atoms with Crippen molar-refractivity contribution in [1.82, 2.24) is 4.90 Å². The molecule has 0 aliphatic carbocycles. The highest BCUT2D eigenvalue weighted by molar-refractivity contribution is 5.77. The standard InChI is InChI=1S/C6H12N2O2/c7-5-3-8(4-5)6(10)1-2-9/h5,9H,1-4,7H2. The molecule has 0 unspecified atom stereocenters. The Balaban J connectivity index is 2.18. The minimum atomic E-state index is -0.0649. The van der Waals surface area contributed by atoms with E-state index in [-0.39, 0.29) is 25.0 Å². The van der Waals surface area contributed by atoms with E-state index >= 15 is 0 Å². The number of likely N-dealkylation sites (tertiary alicyclic amines) is 1. The second kappa shape index (κ2) is 2.98. The molecule has 3 N–H and O–H groups in total. The van der Waals surface area contributed by atoms with Crippen LogP contribution in [0.4, 0.5) is 0 Å². The maximum Gasteiger partial charge on any atom is 0.224 e. The van der Waals surface area contributed by atoms with Crippen LogP contribution in [-0.4, -0.2) is 41.7 Å². The van der Waals surface area contributed by atoms with Crippen LogP contribution in [0.15, 0.2) is 0 Å². The molecule has 10 heavy (non-hydrogen) atoms. The Bertz CT molecular complexity index is 132. The number of nitrogens with zero attached hydrogens (tertiary/aromatic N) is 1. The molecule has 1 amide bonds. The van der Waals surface area contributed by atoms with E-state index in [1.807, 2.05) is 0 Å². The van der Waals surface area contributed by atoms with Crippen LogP contribution >= 0.6 is 0 Å². The van der Waals surface area contributed by atoms with Gasteiger partial charge in [-0.1, -0.05) is 0 Å². The highest BCUT2D eigenvalue weighted by Crippen LogP contribution is 2.06. The quantitative estimate of drug-likeness (QED) is 0.497. The van der Waals surface area contributed by atoms with Gasteiger partial charge in [-0.15, -0.1) is 0 Å². The summed E-state index contributed by atoms with van der Waals surface area (Å²) in [5.41, 5.74) is 5.45. The molecule has 0 aromatic carbocycles. The van der Waals surface area contributed by atoms with E-state index in [1.54, 1.807) is 4.90 Å². The molecule has 0 bridgehead atoms. The molecule has 1 aliphatic heterocycles.